The van der Waals surface area contributed by atoms with E-state index in [9.17, 15) is 0 Å². The molecule has 0 fully saturated rings. The molecule has 7 aromatic carbocycles. The van der Waals surface area contributed by atoms with Gasteiger partial charge in [-0.1, -0.05) is 103 Å². The van der Waals surface area contributed by atoms with Crippen molar-refractivity contribution < 1.29 is 0 Å². The number of benzene rings is 7. The fourth-order valence-electron chi connectivity index (χ4n) is 8.14. The molecule has 228 valence electrons. The summed E-state index contributed by atoms with van der Waals surface area (Å²) in [5, 5.41) is 8.53. The molecule has 0 bridgehead atoms. The molecule has 0 aliphatic rings. The van der Waals surface area contributed by atoms with Gasteiger partial charge in [0.15, 0.2) is 0 Å². The zero-order valence-corrected chi connectivity index (χ0v) is 26.5. The summed E-state index contributed by atoms with van der Waals surface area (Å²) in [5.41, 5.74) is 10.4. The summed E-state index contributed by atoms with van der Waals surface area (Å²) in [7, 11) is 0. The fourth-order valence-corrected chi connectivity index (χ4v) is 8.14. The maximum Gasteiger partial charge on any atom is 0.138 e. The van der Waals surface area contributed by atoms with E-state index in [4.69, 9.17) is 4.98 Å². The van der Waals surface area contributed by atoms with Gasteiger partial charge in [-0.25, -0.2) is 4.98 Å². The van der Waals surface area contributed by atoms with Gasteiger partial charge in [0.1, 0.15) is 5.82 Å². The standard InChI is InChI=1S/C45H28N4/c1-2-13-30(14-3-1)47-39-19-9-5-15-32(39)35-24-25-36-33-16-6-10-20-40(33)48(45(36)44(35)47)31-23-26-42-37(28-31)34-17-7-11-21-41(34)49(42)43-27-22-29-12-4-8-18-38(29)46-43/h1-28H. The maximum atomic E-state index is 5.12. The number of para-hydroxylation sites is 5. The van der Waals surface area contributed by atoms with E-state index in [0.717, 1.165) is 39.1 Å². The molecule has 4 aromatic heterocycles. The Kier molecular flexibility index (Phi) is 5.35. The predicted octanol–water partition coefficient (Wildman–Crippen LogP) is 11.5. The zero-order chi connectivity index (χ0) is 32.1. The van der Waals surface area contributed by atoms with E-state index in [2.05, 4.69) is 184 Å². The summed E-state index contributed by atoms with van der Waals surface area (Å²) in [4.78, 5) is 5.12. The van der Waals surface area contributed by atoms with Crippen LogP contribution in [0.1, 0.15) is 0 Å². The average Bonchev–Trinajstić information content (AvgIpc) is 3.80. The van der Waals surface area contributed by atoms with Crippen molar-refractivity contribution in [3.63, 3.8) is 0 Å². The average molecular weight is 625 g/mol. The third kappa shape index (κ3) is 3.66. The number of hydrogen-bond acceptors (Lipinski definition) is 1. The summed E-state index contributed by atoms with van der Waals surface area (Å²) < 4.78 is 7.22. The molecule has 49 heavy (non-hydrogen) atoms. The lowest BCUT2D eigenvalue weighted by molar-refractivity contribution is 1.10. The fraction of sp³-hybridized carbons (Fsp3) is 0. The van der Waals surface area contributed by atoms with E-state index in [-0.39, 0.29) is 0 Å². The second-order valence-corrected chi connectivity index (χ2v) is 12.8. The van der Waals surface area contributed by atoms with Crippen LogP contribution in [0.4, 0.5) is 0 Å². The quantitative estimate of drug-likeness (QED) is 0.192. The summed E-state index contributed by atoms with van der Waals surface area (Å²) in [6, 6.07) is 61.2. The number of nitrogens with zero attached hydrogens (tertiary/aromatic N) is 4. The Balaban J connectivity index is 1.27. The van der Waals surface area contributed by atoms with E-state index in [1.165, 1.54) is 54.4 Å². The minimum Gasteiger partial charge on any atom is -0.307 e. The first-order valence-corrected chi connectivity index (χ1v) is 16.7. The van der Waals surface area contributed by atoms with Gasteiger partial charge in [-0.15, -0.1) is 0 Å². The number of hydrogen-bond donors (Lipinski definition) is 0. The highest BCUT2D eigenvalue weighted by molar-refractivity contribution is 6.24. The molecule has 0 aliphatic carbocycles. The molecule has 4 heteroatoms. The van der Waals surface area contributed by atoms with Crippen molar-refractivity contribution in [1.82, 2.24) is 18.7 Å². The van der Waals surface area contributed by atoms with Crippen LogP contribution in [0, 0.1) is 0 Å². The third-order valence-electron chi connectivity index (χ3n) is 10.2. The summed E-state index contributed by atoms with van der Waals surface area (Å²) in [6.07, 6.45) is 0. The highest BCUT2D eigenvalue weighted by atomic mass is 15.1. The number of fused-ring (bicyclic) bond motifs is 11. The molecule has 4 heterocycles. The Hall–Kier alpha value is -6.65. The lowest BCUT2D eigenvalue weighted by Crippen LogP contribution is -1.99. The van der Waals surface area contributed by atoms with Gasteiger partial charge in [0.25, 0.3) is 0 Å². The van der Waals surface area contributed by atoms with Crippen molar-refractivity contribution in [3.8, 4) is 17.2 Å². The van der Waals surface area contributed by atoms with Crippen molar-refractivity contribution in [2.24, 2.45) is 0 Å². The minimum atomic E-state index is 0.920. The van der Waals surface area contributed by atoms with Crippen molar-refractivity contribution >= 4 is 76.3 Å². The van der Waals surface area contributed by atoms with Crippen molar-refractivity contribution in [2.45, 2.75) is 0 Å². The molecule has 11 rings (SSSR count). The van der Waals surface area contributed by atoms with Crippen LogP contribution in [-0.4, -0.2) is 18.7 Å². The Morgan fingerprint density at radius 2 is 0.857 bits per heavy atom. The molecule has 0 radical (unpaired) electrons. The third-order valence-corrected chi connectivity index (χ3v) is 10.2. The molecule has 0 saturated carbocycles. The van der Waals surface area contributed by atoms with Gasteiger partial charge in [0, 0.05) is 49.1 Å². The van der Waals surface area contributed by atoms with Crippen LogP contribution >= 0.6 is 0 Å². The molecule has 0 saturated heterocycles. The topological polar surface area (TPSA) is 27.7 Å². The highest BCUT2D eigenvalue weighted by Crippen LogP contribution is 2.42. The second kappa shape index (κ2) is 9.93. The largest absolute Gasteiger partial charge is 0.307 e. The van der Waals surface area contributed by atoms with Gasteiger partial charge in [0.05, 0.1) is 38.6 Å². The van der Waals surface area contributed by atoms with Crippen LogP contribution in [0.15, 0.2) is 170 Å². The molecule has 0 atom stereocenters. The van der Waals surface area contributed by atoms with Gasteiger partial charge in [-0.2, -0.15) is 0 Å². The van der Waals surface area contributed by atoms with E-state index >= 15 is 0 Å². The normalized spacial score (nSPS) is 12.1. The first-order chi connectivity index (χ1) is 24.3. The van der Waals surface area contributed by atoms with Crippen LogP contribution in [-0.2, 0) is 0 Å². The molecule has 4 nitrogen and oxygen atoms in total. The molecule has 11 aromatic rings. The molecular weight excluding hydrogens is 597 g/mol. The SMILES string of the molecule is c1ccc(-n2c3ccccc3c3ccc4c5ccccc5n(-c5ccc6c(c5)c5ccccc5n6-c5ccc6ccccc6n5)c4c32)cc1. The van der Waals surface area contributed by atoms with Gasteiger partial charge in [-0.3, -0.25) is 4.57 Å². The lowest BCUT2D eigenvalue weighted by atomic mass is 10.1. The lowest BCUT2D eigenvalue weighted by Gasteiger charge is -2.13. The first-order valence-electron chi connectivity index (χ1n) is 16.7. The summed E-state index contributed by atoms with van der Waals surface area (Å²) in [6.45, 7) is 0. The number of pyridine rings is 1. The van der Waals surface area contributed by atoms with E-state index in [1.807, 2.05) is 0 Å². The molecular formula is C45H28N4. The van der Waals surface area contributed by atoms with Gasteiger partial charge >= 0.3 is 0 Å². The monoisotopic (exact) mass is 624 g/mol. The van der Waals surface area contributed by atoms with E-state index in [0.29, 0.717) is 0 Å². The molecule has 0 N–H and O–H groups in total. The highest BCUT2D eigenvalue weighted by Gasteiger charge is 2.22. The van der Waals surface area contributed by atoms with Crippen LogP contribution < -0.4 is 0 Å². The Bertz CT molecular complexity index is 3100. The number of rotatable bonds is 3. The predicted molar refractivity (Wildman–Crippen MR) is 205 cm³/mol. The summed E-state index contributed by atoms with van der Waals surface area (Å²) >= 11 is 0. The van der Waals surface area contributed by atoms with Crippen LogP contribution in [0.3, 0.4) is 0 Å². The first kappa shape index (κ1) is 26.4. The molecule has 0 amide bonds. The second-order valence-electron chi connectivity index (χ2n) is 12.8. The van der Waals surface area contributed by atoms with Gasteiger partial charge in [-0.05, 0) is 66.7 Å². The smallest absolute Gasteiger partial charge is 0.138 e. The van der Waals surface area contributed by atoms with Crippen molar-refractivity contribution in [2.75, 3.05) is 0 Å². The van der Waals surface area contributed by atoms with Crippen molar-refractivity contribution in [3.05, 3.63) is 170 Å². The Morgan fingerprint density at radius 3 is 1.55 bits per heavy atom. The van der Waals surface area contributed by atoms with Crippen LogP contribution in [0.2, 0.25) is 0 Å². The molecule has 0 unspecified atom stereocenters. The molecule has 0 spiro atoms. The van der Waals surface area contributed by atoms with E-state index in [1.54, 1.807) is 0 Å². The zero-order valence-electron chi connectivity index (χ0n) is 26.5. The minimum absolute atomic E-state index is 0.920. The Morgan fingerprint density at radius 1 is 0.327 bits per heavy atom. The maximum absolute atomic E-state index is 5.12. The van der Waals surface area contributed by atoms with Crippen molar-refractivity contribution in [1.29, 1.82) is 0 Å². The molecule has 0 aliphatic heterocycles. The van der Waals surface area contributed by atoms with Crippen LogP contribution in [0.25, 0.3) is 93.5 Å². The summed E-state index contributed by atoms with van der Waals surface area (Å²) in [5.74, 6) is 0.920. The number of aromatic nitrogens is 4. The Labute approximate surface area is 281 Å². The van der Waals surface area contributed by atoms with E-state index < -0.39 is 0 Å². The van der Waals surface area contributed by atoms with Gasteiger partial charge in [0.2, 0.25) is 0 Å². The van der Waals surface area contributed by atoms with Crippen LogP contribution in [0.5, 0.6) is 0 Å². The van der Waals surface area contributed by atoms with Gasteiger partial charge < -0.3 is 9.13 Å².